The standard InChI is InChI=1S/C29H54O6/c1-5-8-11-14-17-20-26(30)33-23-29(4,24-34-27(31)21-18-15-12-9-6-2)25-35-28(32)22-19-16-13-10-7-3/h5-25H2,1-4H3. The monoisotopic (exact) mass is 498 g/mol. The van der Waals surface area contributed by atoms with Gasteiger partial charge in [0.2, 0.25) is 0 Å². The van der Waals surface area contributed by atoms with Crippen molar-refractivity contribution in [3.8, 4) is 0 Å². The Bertz CT molecular complexity index is 471. The fourth-order valence-electron chi connectivity index (χ4n) is 3.72. The van der Waals surface area contributed by atoms with Gasteiger partial charge < -0.3 is 14.2 Å². The third kappa shape index (κ3) is 21.4. The Hall–Kier alpha value is -1.59. The average Bonchev–Trinajstić information content (AvgIpc) is 2.85. The van der Waals surface area contributed by atoms with Gasteiger partial charge in [-0.15, -0.1) is 0 Å². The number of ether oxygens (including phenoxy) is 3. The van der Waals surface area contributed by atoms with Gasteiger partial charge >= 0.3 is 17.9 Å². The molecule has 0 fully saturated rings. The summed E-state index contributed by atoms with van der Waals surface area (Å²) in [5.74, 6) is -0.758. The van der Waals surface area contributed by atoms with E-state index in [1.807, 2.05) is 6.92 Å². The minimum Gasteiger partial charge on any atom is -0.465 e. The number of carbonyl (C=O) groups is 3. The van der Waals surface area contributed by atoms with Crippen molar-refractivity contribution in [1.29, 1.82) is 0 Å². The third-order valence-corrected chi connectivity index (χ3v) is 6.20. The van der Waals surface area contributed by atoms with Crippen molar-refractivity contribution in [1.82, 2.24) is 0 Å². The lowest BCUT2D eigenvalue weighted by atomic mass is 9.94. The van der Waals surface area contributed by atoms with E-state index in [4.69, 9.17) is 14.2 Å². The molecule has 0 aromatic carbocycles. The van der Waals surface area contributed by atoms with Crippen molar-refractivity contribution in [2.75, 3.05) is 19.8 Å². The molecule has 0 rings (SSSR count). The first-order valence-electron chi connectivity index (χ1n) is 14.3. The van der Waals surface area contributed by atoms with Gasteiger partial charge in [0.15, 0.2) is 0 Å². The second kappa shape index (κ2) is 22.8. The second-order valence-corrected chi connectivity index (χ2v) is 10.3. The van der Waals surface area contributed by atoms with Crippen LogP contribution in [0.4, 0.5) is 0 Å². The minimum absolute atomic E-state index is 0.0638. The first kappa shape index (κ1) is 33.4. The van der Waals surface area contributed by atoms with E-state index < -0.39 is 5.41 Å². The first-order chi connectivity index (χ1) is 16.9. The van der Waals surface area contributed by atoms with Gasteiger partial charge in [0.25, 0.3) is 0 Å². The van der Waals surface area contributed by atoms with Crippen molar-refractivity contribution < 1.29 is 28.6 Å². The Balaban J connectivity index is 4.57. The van der Waals surface area contributed by atoms with Crippen LogP contribution in [0.15, 0.2) is 0 Å². The van der Waals surface area contributed by atoms with Crippen LogP contribution in [-0.4, -0.2) is 37.7 Å². The summed E-state index contributed by atoms with van der Waals surface area (Å²) in [5.41, 5.74) is -0.756. The summed E-state index contributed by atoms with van der Waals surface area (Å²) in [6, 6.07) is 0. The Labute approximate surface area is 215 Å². The van der Waals surface area contributed by atoms with E-state index in [-0.39, 0.29) is 37.7 Å². The van der Waals surface area contributed by atoms with E-state index >= 15 is 0 Å². The SMILES string of the molecule is CCCCCCCC(=O)OCC(C)(COC(=O)CCCCCCC)COC(=O)CCCCCCC. The maximum Gasteiger partial charge on any atom is 0.305 e. The molecule has 206 valence electrons. The fraction of sp³-hybridized carbons (Fsp3) is 0.897. The van der Waals surface area contributed by atoms with Crippen LogP contribution in [0, 0.1) is 5.41 Å². The minimum atomic E-state index is -0.756. The summed E-state index contributed by atoms with van der Waals surface area (Å²) in [7, 11) is 0. The first-order valence-corrected chi connectivity index (χ1v) is 14.3. The topological polar surface area (TPSA) is 78.9 Å². The zero-order valence-corrected chi connectivity index (χ0v) is 23.3. The van der Waals surface area contributed by atoms with Gasteiger partial charge in [-0.2, -0.15) is 0 Å². The molecule has 0 aromatic rings. The van der Waals surface area contributed by atoms with Gasteiger partial charge in [-0.3, -0.25) is 14.4 Å². The van der Waals surface area contributed by atoms with Gasteiger partial charge in [0, 0.05) is 19.3 Å². The molecule has 0 amide bonds. The Morgan fingerprint density at radius 1 is 0.457 bits per heavy atom. The van der Waals surface area contributed by atoms with Gasteiger partial charge in [-0.1, -0.05) is 97.8 Å². The number of rotatable bonds is 24. The van der Waals surface area contributed by atoms with Crippen molar-refractivity contribution in [2.24, 2.45) is 5.41 Å². The smallest absolute Gasteiger partial charge is 0.305 e. The van der Waals surface area contributed by atoms with Crippen LogP contribution in [0.1, 0.15) is 143 Å². The summed E-state index contributed by atoms with van der Waals surface area (Å²) in [6.07, 6.45) is 17.1. The van der Waals surface area contributed by atoms with E-state index in [1.165, 1.54) is 19.3 Å². The molecule has 0 saturated carbocycles. The van der Waals surface area contributed by atoms with Gasteiger partial charge in [0.1, 0.15) is 19.8 Å². The zero-order valence-electron chi connectivity index (χ0n) is 23.3. The molecule has 0 aromatic heterocycles. The zero-order chi connectivity index (χ0) is 26.2. The predicted molar refractivity (Wildman–Crippen MR) is 141 cm³/mol. The number of carbonyl (C=O) groups excluding carboxylic acids is 3. The maximum atomic E-state index is 12.2. The molecule has 6 heteroatoms. The van der Waals surface area contributed by atoms with Crippen LogP contribution in [0.3, 0.4) is 0 Å². The van der Waals surface area contributed by atoms with Crippen molar-refractivity contribution >= 4 is 17.9 Å². The fourth-order valence-corrected chi connectivity index (χ4v) is 3.72. The van der Waals surface area contributed by atoms with E-state index in [0.717, 1.165) is 77.0 Å². The highest BCUT2D eigenvalue weighted by Crippen LogP contribution is 2.21. The van der Waals surface area contributed by atoms with E-state index in [1.54, 1.807) is 0 Å². The molecule has 0 aliphatic carbocycles. The molecule has 0 radical (unpaired) electrons. The van der Waals surface area contributed by atoms with Gasteiger partial charge in [-0.25, -0.2) is 0 Å². The number of unbranched alkanes of at least 4 members (excludes halogenated alkanes) is 12. The van der Waals surface area contributed by atoms with Gasteiger partial charge in [-0.05, 0) is 26.2 Å². The average molecular weight is 499 g/mol. The largest absolute Gasteiger partial charge is 0.465 e. The second-order valence-electron chi connectivity index (χ2n) is 10.3. The molecule has 0 aliphatic rings. The molecule has 0 N–H and O–H groups in total. The summed E-state index contributed by atoms with van der Waals surface area (Å²) in [6.45, 7) is 8.51. The number of hydrogen-bond acceptors (Lipinski definition) is 6. The van der Waals surface area contributed by atoms with Crippen molar-refractivity contribution in [3.63, 3.8) is 0 Å². The molecular weight excluding hydrogens is 444 g/mol. The van der Waals surface area contributed by atoms with E-state index in [9.17, 15) is 14.4 Å². The summed E-state index contributed by atoms with van der Waals surface area (Å²) < 4.78 is 16.5. The Kier molecular flexibility index (Phi) is 21.8. The molecule has 0 atom stereocenters. The molecule has 0 saturated heterocycles. The van der Waals surface area contributed by atoms with Crippen LogP contribution in [-0.2, 0) is 28.6 Å². The number of hydrogen-bond donors (Lipinski definition) is 0. The highest BCUT2D eigenvalue weighted by atomic mass is 16.6. The van der Waals surface area contributed by atoms with Crippen molar-refractivity contribution in [2.45, 2.75) is 143 Å². The summed E-state index contributed by atoms with van der Waals surface area (Å²) in [5, 5.41) is 0. The Morgan fingerprint density at radius 2 is 0.714 bits per heavy atom. The summed E-state index contributed by atoms with van der Waals surface area (Å²) in [4.78, 5) is 36.6. The van der Waals surface area contributed by atoms with Crippen LogP contribution in [0.25, 0.3) is 0 Å². The lowest BCUT2D eigenvalue weighted by Gasteiger charge is -2.28. The lowest BCUT2D eigenvalue weighted by Crippen LogP contribution is -2.37. The quantitative estimate of drug-likeness (QED) is 0.0770. The molecule has 35 heavy (non-hydrogen) atoms. The molecule has 6 nitrogen and oxygen atoms in total. The molecule has 0 heterocycles. The maximum absolute atomic E-state index is 12.2. The van der Waals surface area contributed by atoms with Crippen molar-refractivity contribution in [3.05, 3.63) is 0 Å². The number of esters is 3. The molecule has 0 spiro atoms. The van der Waals surface area contributed by atoms with E-state index in [0.29, 0.717) is 19.3 Å². The van der Waals surface area contributed by atoms with Gasteiger partial charge in [0.05, 0.1) is 5.41 Å². The third-order valence-electron chi connectivity index (χ3n) is 6.20. The van der Waals surface area contributed by atoms with E-state index in [2.05, 4.69) is 20.8 Å². The van der Waals surface area contributed by atoms with Crippen LogP contribution in [0.5, 0.6) is 0 Å². The highest BCUT2D eigenvalue weighted by molar-refractivity contribution is 5.70. The molecule has 0 aliphatic heterocycles. The molecule has 0 unspecified atom stereocenters. The van der Waals surface area contributed by atoms with Crippen LogP contribution in [0.2, 0.25) is 0 Å². The normalized spacial score (nSPS) is 11.3. The lowest BCUT2D eigenvalue weighted by molar-refractivity contribution is -0.160. The molecular formula is C29H54O6. The van der Waals surface area contributed by atoms with Crippen LogP contribution < -0.4 is 0 Å². The summed E-state index contributed by atoms with van der Waals surface area (Å²) >= 11 is 0. The molecule has 0 bridgehead atoms. The van der Waals surface area contributed by atoms with Crippen LogP contribution >= 0.6 is 0 Å². The predicted octanol–water partition coefficient (Wildman–Crippen LogP) is 7.70. The Morgan fingerprint density at radius 3 is 0.971 bits per heavy atom. The highest BCUT2D eigenvalue weighted by Gasteiger charge is 2.30.